The summed E-state index contributed by atoms with van der Waals surface area (Å²) >= 11 is 2.05. The standard InChI is InChI=1S/C16H31N3O2S.HI/c1-3-17-14(18-11-15(2)5-4-10-22-15)19-12-16(13-20)6-8-21-9-7-16;/h20H,3-13H2,1-2H3,(H2,17,18,19);1H. The number of aliphatic imine (C=N–C) groups is 1. The highest BCUT2D eigenvalue weighted by Crippen LogP contribution is 2.37. The summed E-state index contributed by atoms with van der Waals surface area (Å²) in [5.74, 6) is 2.13. The highest BCUT2D eigenvalue weighted by molar-refractivity contribution is 14.0. The number of ether oxygens (including phenoxy) is 1. The Morgan fingerprint density at radius 2 is 2.00 bits per heavy atom. The Hall–Kier alpha value is 0.270. The van der Waals surface area contributed by atoms with Crippen molar-refractivity contribution in [3.8, 4) is 0 Å². The number of halogens is 1. The van der Waals surface area contributed by atoms with Crippen molar-refractivity contribution in [3.63, 3.8) is 0 Å². The van der Waals surface area contributed by atoms with Gasteiger partial charge in [0.2, 0.25) is 0 Å². The predicted octanol–water partition coefficient (Wildman–Crippen LogP) is 2.23. The number of nitrogens with zero attached hydrogens (tertiary/aromatic N) is 1. The Labute approximate surface area is 161 Å². The van der Waals surface area contributed by atoms with Crippen LogP contribution < -0.4 is 10.6 Å². The van der Waals surface area contributed by atoms with Gasteiger partial charge in [-0.1, -0.05) is 0 Å². The van der Waals surface area contributed by atoms with Gasteiger partial charge >= 0.3 is 0 Å². The van der Waals surface area contributed by atoms with Crippen molar-refractivity contribution in [1.29, 1.82) is 0 Å². The number of nitrogens with one attached hydrogen (secondary N) is 2. The highest BCUT2D eigenvalue weighted by Gasteiger charge is 2.32. The van der Waals surface area contributed by atoms with E-state index in [4.69, 9.17) is 9.73 Å². The van der Waals surface area contributed by atoms with Gasteiger partial charge in [-0.3, -0.25) is 4.99 Å². The van der Waals surface area contributed by atoms with Crippen LogP contribution in [0, 0.1) is 5.41 Å². The zero-order valence-corrected chi connectivity index (χ0v) is 17.5. The zero-order valence-electron chi connectivity index (χ0n) is 14.4. The second-order valence-corrected chi connectivity index (χ2v) is 8.40. The number of hydrogen-bond acceptors (Lipinski definition) is 4. The van der Waals surface area contributed by atoms with Gasteiger partial charge in [-0.25, -0.2) is 0 Å². The van der Waals surface area contributed by atoms with Gasteiger partial charge < -0.3 is 20.5 Å². The van der Waals surface area contributed by atoms with Crippen LogP contribution in [0.25, 0.3) is 0 Å². The Balaban J connectivity index is 0.00000264. The zero-order chi connectivity index (χ0) is 15.9. The van der Waals surface area contributed by atoms with E-state index in [0.29, 0.717) is 11.3 Å². The summed E-state index contributed by atoms with van der Waals surface area (Å²) in [7, 11) is 0. The third kappa shape index (κ3) is 6.59. The topological polar surface area (TPSA) is 65.9 Å². The fourth-order valence-corrected chi connectivity index (χ4v) is 4.25. The van der Waals surface area contributed by atoms with Gasteiger partial charge in [-0.15, -0.1) is 24.0 Å². The van der Waals surface area contributed by atoms with Gasteiger partial charge in [-0.2, -0.15) is 11.8 Å². The van der Waals surface area contributed by atoms with E-state index < -0.39 is 0 Å². The molecule has 2 saturated heterocycles. The van der Waals surface area contributed by atoms with Crippen LogP contribution >= 0.6 is 35.7 Å². The van der Waals surface area contributed by atoms with Crippen LogP contribution in [0.5, 0.6) is 0 Å². The van der Waals surface area contributed by atoms with Gasteiger partial charge in [0.05, 0.1) is 13.2 Å². The molecule has 2 aliphatic rings. The maximum atomic E-state index is 9.76. The minimum absolute atomic E-state index is 0. The molecule has 0 aromatic rings. The maximum absolute atomic E-state index is 9.76. The number of rotatable bonds is 6. The number of aliphatic hydroxyl groups is 1. The number of aliphatic hydroxyl groups excluding tert-OH is 1. The highest BCUT2D eigenvalue weighted by atomic mass is 127. The molecule has 0 amide bonds. The maximum Gasteiger partial charge on any atom is 0.191 e. The van der Waals surface area contributed by atoms with Crippen LogP contribution in [0.3, 0.4) is 0 Å². The Bertz CT molecular complexity index is 370. The van der Waals surface area contributed by atoms with Crippen LogP contribution in [0.1, 0.15) is 39.5 Å². The molecular formula is C16H32IN3O2S. The third-order valence-corrected chi connectivity index (χ3v) is 6.27. The average Bonchev–Trinajstić information content (AvgIpc) is 2.98. The molecule has 1 atom stereocenters. The number of hydrogen-bond donors (Lipinski definition) is 3. The van der Waals surface area contributed by atoms with Crippen molar-refractivity contribution in [2.45, 2.75) is 44.3 Å². The Kier molecular flexibility index (Phi) is 9.55. The lowest BCUT2D eigenvalue weighted by Gasteiger charge is -2.34. The second kappa shape index (κ2) is 10.3. The van der Waals surface area contributed by atoms with Gasteiger partial charge in [0.1, 0.15) is 0 Å². The first-order chi connectivity index (χ1) is 10.6. The van der Waals surface area contributed by atoms with E-state index in [2.05, 4.69) is 36.2 Å². The molecule has 5 nitrogen and oxygen atoms in total. The summed E-state index contributed by atoms with van der Waals surface area (Å²) < 4.78 is 5.74. The monoisotopic (exact) mass is 457 g/mol. The van der Waals surface area contributed by atoms with Crippen LogP contribution in [0.4, 0.5) is 0 Å². The van der Waals surface area contributed by atoms with Crippen LogP contribution in [-0.2, 0) is 4.74 Å². The fraction of sp³-hybridized carbons (Fsp3) is 0.938. The summed E-state index contributed by atoms with van der Waals surface area (Å²) in [5.41, 5.74) is -0.105. The van der Waals surface area contributed by atoms with Gasteiger partial charge in [0, 0.05) is 36.5 Å². The van der Waals surface area contributed by atoms with E-state index in [0.717, 1.165) is 45.1 Å². The molecule has 1 unspecified atom stereocenters. The molecule has 0 saturated carbocycles. The second-order valence-electron chi connectivity index (χ2n) is 6.72. The van der Waals surface area contributed by atoms with E-state index in [9.17, 15) is 5.11 Å². The molecule has 136 valence electrons. The first kappa shape index (κ1) is 21.3. The summed E-state index contributed by atoms with van der Waals surface area (Å²) in [6.07, 6.45) is 4.35. The molecule has 2 fully saturated rings. The molecule has 0 aromatic heterocycles. The first-order valence-electron chi connectivity index (χ1n) is 8.46. The van der Waals surface area contributed by atoms with Gasteiger partial charge in [-0.05, 0) is 45.3 Å². The van der Waals surface area contributed by atoms with E-state index in [1.54, 1.807) is 0 Å². The molecule has 0 aliphatic carbocycles. The molecule has 0 bridgehead atoms. The molecule has 2 rings (SSSR count). The minimum atomic E-state index is -0.105. The molecule has 2 aliphatic heterocycles. The van der Waals surface area contributed by atoms with E-state index in [1.807, 2.05) is 0 Å². The van der Waals surface area contributed by atoms with Crippen molar-refractivity contribution in [2.24, 2.45) is 10.4 Å². The fourth-order valence-electron chi connectivity index (χ4n) is 3.01. The molecular weight excluding hydrogens is 425 g/mol. The van der Waals surface area contributed by atoms with Crippen molar-refractivity contribution in [1.82, 2.24) is 10.6 Å². The molecule has 0 radical (unpaired) electrons. The summed E-state index contributed by atoms with van der Waals surface area (Å²) in [5, 5.41) is 16.6. The molecule has 23 heavy (non-hydrogen) atoms. The van der Waals surface area contributed by atoms with Gasteiger partial charge in [0.15, 0.2) is 5.96 Å². The van der Waals surface area contributed by atoms with Crippen LogP contribution in [0.2, 0.25) is 0 Å². The van der Waals surface area contributed by atoms with Crippen molar-refractivity contribution < 1.29 is 9.84 Å². The van der Waals surface area contributed by atoms with Crippen LogP contribution in [0.15, 0.2) is 4.99 Å². The van der Waals surface area contributed by atoms with Crippen molar-refractivity contribution in [3.05, 3.63) is 0 Å². The van der Waals surface area contributed by atoms with Crippen molar-refractivity contribution in [2.75, 3.05) is 45.2 Å². The minimum Gasteiger partial charge on any atom is -0.396 e. The summed E-state index contributed by atoms with van der Waals surface area (Å²) in [6, 6.07) is 0. The smallest absolute Gasteiger partial charge is 0.191 e. The molecule has 0 spiro atoms. The lowest BCUT2D eigenvalue weighted by molar-refractivity contribution is -0.0106. The summed E-state index contributed by atoms with van der Waals surface area (Å²) in [4.78, 5) is 4.74. The third-order valence-electron chi connectivity index (χ3n) is 4.74. The lowest BCUT2D eigenvalue weighted by atomic mass is 9.81. The largest absolute Gasteiger partial charge is 0.396 e. The van der Waals surface area contributed by atoms with E-state index in [1.165, 1.54) is 18.6 Å². The molecule has 3 N–H and O–H groups in total. The number of guanidine groups is 1. The van der Waals surface area contributed by atoms with Gasteiger partial charge in [0.25, 0.3) is 0 Å². The van der Waals surface area contributed by atoms with E-state index >= 15 is 0 Å². The molecule has 0 aromatic carbocycles. The lowest BCUT2D eigenvalue weighted by Crippen LogP contribution is -2.45. The average molecular weight is 457 g/mol. The molecule has 7 heteroatoms. The number of thioether (sulfide) groups is 1. The van der Waals surface area contributed by atoms with E-state index in [-0.39, 0.29) is 36.0 Å². The SMILES string of the molecule is CCNC(=NCC1(CO)CCOCC1)NCC1(C)CCCS1.I. The first-order valence-corrected chi connectivity index (χ1v) is 9.45. The van der Waals surface area contributed by atoms with Crippen molar-refractivity contribution >= 4 is 41.7 Å². The summed E-state index contributed by atoms with van der Waals surface area (Å²) in [6.45, 7) is 8.51. The molecule has 2 heterocycles. The predicted molar refractivity (Wildman–Crippen MR) is 109 cm³/mol. The Morgan fingerprint density at radius 1 is 1.26 bits per heavy atom. The quantitative estimate of drug-likeness (QED) is 0.325. The Morgan fingerprint density at radius 3 is 2.57 bits per heavy atom. The normalized spacial score (nSPS) is 27.3. The van der Waals surface area contributed by atoms with Crippen LogP contribution in [-0.4, -0.2) is 61.0 Å².